The molecule has 0 fully saturated rings. The molecule has 4 heteroatoms. The molecule has 0 saturated heterocycles. The van der Waals surface area contributed by atoms with Crippen LogP contribution < -0.4 is 22.9 Å². The molecule has 0 saturated carbocycles. The molecule has 0 aromatic heterocycles. The molecule has 0 spiro atoms. The Labute approximate surface area is 94.8 Å². The molecular weight excluding hydrogens is 188 g/mol. The van der Waals surface area contributed by atoms with E-state index in [1.807, 2.05) is 6.92 Å². The third-order valence-electron chi connectivity index (χ3n) is 2.70. The quantitative estimate of drug-likeness (QED) is 0.515. The first kappa shape index (κ1) is 17.2. The smallest absolute Gasteiger partial charge is 0.0547 e. The maximum Gasteiger partial charge on any atom is 0.0547 e. The van der Waals surface area contributed by atoms with Crippen molar-refractivity contribution in [2.24, 2.45) is 34.8 Å². The molecule has 0 aliphatic heterocycles. The van der Waals surface area contributed by atoms with Gasteiger partial charge >= 0.3 is 0 Å². The molecule has 0 aliphatic rings. The summed E-state index contributed by atoms with van der Waals surface area (Å²) in [6.07, 6.45) is 3.11. The highest BCUT2D eigenvalue weighted by Crippen LogP contribution is 2.04. The minimum absolute atomic E-state index is 0.130. The zero-order valence-corrected chi connectivity index (χ0v) is 10.7. The number of rotatable bonds is 5. The zero-order chi connectivity index (χ0) is 12.4. The van der Waals surface area contributed by atoms with Crippen molar-refractivity contribution in [1.82, 2.24) is 0 Å². The lowest BCUT2D eigenvalue weighted by atomic mass is 10.0. The van der Waals surface area contributed by atoms with Gasteiger partial charge in [-0.2, -0.15) is 0 Å². The van der Waals surface area contributed by atoms with E-state index in [0.717, 1.165) is 12.8 Å². The Morgan fingerprint density at radius 3 is 1.27 bits per heavy atom. The number of hydrogen-bond donors (Lipinski definition) is 4. The molecule has 0 aromatic carbocycles. The minimum Gasteiger partial charge on any atom is -0.316 e. The summed E-state index contributed by atoms with van der Waals surface area (Å²) in [6, 6.07) is 0. The van der Waals surface area contributed by atoms with Crippen molar-refractivity contribution in [2.45, 2.75) is 59.3 Å². The van der Waals surface area contributed by atoms with Crippen LogP contribution in [0.25, 0.3) is 0 Å². The Morgan fingerprint density at radius 1 is 0.800 bits per heavy atom. The van der Waals surface area contributed by atoms with Gasteiger partial charge in [-0.1, -0.05) is 40.5 Å². The molecule has 0 aromatic rings. The molecule has 0 aliphatic carbocycles. The summed E-state index contributed by atoms with van der Waals surface area (Å²) in [4.78, 5) is 0. The molecule has 94 valence electrons. The predicted octanol–water partition coefficient (Wildman–Crippen LogP) is 0.942. The summed E-state index contributed by atoms with van der Waals surface area (Å²) in [6.45, 7) is 8.34. The number of nitrogens with two attached hydrogens (primary N) is 4. The molecule has 0 radical (unpaired) electrons. The number of hydrogen-bond acceptors (Lipinski definition) is 4. The van der Waals surface area contributed by atoms with Gasteiger partial charge in [-0.05, 0) is 18.3 Å². The normalized spacial score (nSPS) is 14.8. The van der Waals surface area contributed by atoms with Gasteiger partial charge in [-0.25, -0.2) is 0 Å². The monoisotopic (exact) mass is 218 g/mol. The minimum atomic E-state index is -0.134. The van der Waals surface area contributed by atoms with Gasteiger partial charge in [-0.15, -0.1) is 0 Å². The van der Waals surface area contributed by atoms with Gasteiger partial charge in [0.2, 0.25) is 0 Å². The maximum absolute atomic E-state index is 5.40. The van der Waals surface area contributed by atoms with Crippen molar-refractivity contribution in [3.8, 4) is 0 Å². The Kier molecular flexibility index (Phi) is 11.9. The van der Waals surface area contributed by atoms with Crippen LogP contribution in [-0.2, 0) is 0 Å². The summed E-state index contributed by atoms with van der Waals surface area (Å²) >= 11 is 0. The largest absolute Gasteiger partial charge is 0.316 e. The SMILES string of the molecule is CCC(C)C(N)N.CCCC(C)C(N)N. The van der Waals surface area contributed by atoms with Crippen molar-refractivity contribution in [2.75, 3.05) is 0 Å². The average Bonchev–Trinajstić information content (AvgIpc) is 2.17. The summed E-state index contributed by atoms with van der Waals surface area (Å²) < 4.78 is 0. The van der Waals surface area contributed by atoms with Gasteiger partial charge in [0.05, 0.1) is 12.3 Å². The standard InChI is InChI=1S/C6H16N2.C5H14N2/c1-3-4-5(2)6(7)8;1-3-4(2)5(6)7/h5-6H,3-4,7-8H2,1-2H3;4-5H,3,6-7H2,1-2H3. The van der Waals surface area contributed by atoms with E-state index >= 15 is 0 Å². The highest BCUT2D eigenvalue weighted by atomic mass is 14.9. The fraction of sp³-hybridized carbons (Fsp3) is 1.00. The van der Waals surface area contributed by atoms with Gasteiger partial charge in [0.1, 0.15) is 0 Å². The highest BCUT2D eigenvalue weighted by molar-refractivity contribution is 4.60. The maximum atomic E-state index is 5.40. The lowest BCUT2D eigenvalue weighted by molar-refractivity contribution is 0.432. The van der Waals surface area contributed by atoms with Crippen molar-refractivity contribution >= 4 is 0 Å². The van der Waals surface area contributed by atoms with Crippen LogP contribution in [-0.4, -0.2) is 12.3 Å². The third-order valence-corrected chi connectivity index (χ3v) is 2.70. The van der Waals surface area contributed by atoms with Crippen LogP contribution in [0.3, 0.4) is 0 Å². The van der Waals surface area contributed by atoms with Gasteiger partial charge in [0.15, 0.2) is 0 Å². The van der Waals surface area contributed by atoms with Crippen LogP contribution in [0.15, 0.2) is 0 Å². The Morgan fingerprint density at radius 2 is 1.20 bits per heavy atom. The molecule has 0 rings (SSSR count). The van der Waals surface area contributed by atoms with E-state index in [0.29, 0.717) is 11.8 Å². The summed E-state index contributed by atoms with van der Waals surface area (Å²) in [5.41, 5.74) is 21.4. The molecule has 4 nitrogen and oxygen atoms in total. The molecule has 8 N–H and O–H groups in total. The van der Waals surface area contributed by atoms with E-state index in [-0.39, 0.29) is 12.3 Å². The first-order valence-electron chi connectivity index (χ1n) is 5.89. The molecule has 0 heterocycles. The summed E-state index contributed by atoms with van der Waals surface area (Å²) in [5.74, 6) is 0.931. The lowest BCUT2D eigenvalue weighted by Gasteiger charge is -2.12. The van der Waals surface area contributed by atoms with Crippen LogP contribution in [0.2, 0.25) is 0 Å². The molecule has 15 heavy (non-hydrogen) atoms. The topological polar surface area (TPSA) is 104 Å². The second-order valence-electron chi connectivity index (χ2n) is 4.31. The Balaban J connectivity index is 0. The van der Waals surface area contributed by atoms with Crippen molar-refractivity contribution < 1.29 is 0 Å². The van der Waals surface area contributed by atoms with E-state index in [1.54, 1.807) is 0 Å². The van der Waals surface area contributed by atoms with Gasteiger partial charge in [-0.3, -0.25) is 0 Å². The summed E-state index contributed by atoms with van der Waals surface area (Å²) in [5, 5.41) is 0. The van der Waals surface area contributed by atoms with E-state index in [2.05, 4.69) is 20.8 Å². The lowest BCUT2D eigenvalue weighted by Crippen LogP contribution is -2.37. The van der Waals surface area contributed by atoms with Crippen molar-refractivity contribution in [3.05, 3.63) is 0 Å². The fourth-order valence-electron chi connectivity index (χ4n) is 0.920. The molecule has 0 amide bonds. The van der Waals surface area contributed by atoms with Gasteiger partial charge in [0.25, 0.3) is 0 Å². The Hall–Kier alpha value is -0.160. The third kappa shape index (κ3) is 11.8. The van der Waals surface area contributed by atoms with E-state index in [9.17, 15) is 0 Å². The van der Waals surface area contributed by atoms with Crippen molar-refractivity contribution in [1.29, 1.82) is 0 Å². The van der Waals surface area contributed by atoms with Crippen LogP contribution >= 0.6 is 0 Å². The Bertz CT molecular complexity index is 126. The van der Waals surface area contributed by atoms with Gasteiger partial charge in [0, 0.05) is 0 Å². The molecule has 2 unspecified atom stereocenters. The first-order chi connectivity index (χ1) is 6.86. The van der Waals surface area contributed by atoms with Crippen LogP contribution in [0, 0.1) is 11.8 Å². The second kappa shape index (κ2) is 10.4. The zero-order valence-electron chi connectivity index (χ0n) is 10.7. The van der Waals surface area contributed by atoms with E-state index in [4.69, 9.17) is 22.9 Å². The van der Waals surface area contributed by atoms with Crippen molar-refractivity contribution in [3.63, 3.8) is 0 Å². The van der Waals surface area contributed by atoms with Crippen LogP contribution in [0.5, 0.6) is 0 Å². The average molecular weight is 218 g/mol. The molecular formula is C11H30N4. The molecule has 2 atom stereocenters. The summed E-state index contributed by atoms with van der Waals surface area (Å²) in [7, 11) is 0. The van der Waals surface area contributed by atoms with Gasteiger partial charge < -0.3 is 22.9 Å². The fourth-order valence-corrected chi connectivity index (χ4v) is 0.920. The van der Waals surface area contributed by atoms with E-state index < -0.39 is 0 Å². The molecule has 0 bridgehead atoms. The van der Waals surface area contributed by atoms with E-state index in [1.165, 1.54) is 6.42 Å². The second-order valence-corrected chi connectivity index (χ2v) is 4.31. The highest BCUT2D eigenvalue weighted by Gasteiger charge is 2.04. The predicted molar refractivity (Wildman–Crippen MR) is 67.9 cm³/mol. The van der Waals surface area contributed by atoms with Crippen LogP contribution in [0.4, 0.5) is 0 Å². The van der Waals surface area contributed by atoms with Crippen LogP contribution in [0.1, 0.15) is 47.0 Å². The first-order valence-corrected chi connectivity index (χ1v) is 5.89.